The predicted molar refractivity (Wildman–Crippen MR) is 54.7 cm³/mol. The average molecular weight is 236 g/mol. The highest BCUT2D eigenvalue weighted by Gasteiger charge is 2.23. The van der Waals surface area contributed by atoms with E-state index in [2.05, 4.69) is 30.6 Å². The van der Waals surface area contributed by atoms with Crippen LogP contribution in [0.2, 0.25) is 0 Å². The fourth-order valence-electron chi connectivity index (χ4n) is 1.11. The summed E-state index contributed by atoms with van der Waals surface area (Å²) in [6.45, 7) is 0. The molecular weight excluding hydrogens is 228 g/mol. The van der Waals surface area contributed by atoms with E-state index in [1.807, 2.05) is 0 Å². The fraction of sp³-hybridized carbons (Fsp3) is 0.143. The first kappa shape index (κ1) is 10.7. The monoisotopic (exact) mass is 236 g/mol. The Balaban J connectivity index is 0.000000153. The molecule has 0 bridgehead atoms. The molecule has 4 N–H and O–H groups in total. The number of carbonyl (C=O) groups is 2. The Morgan fingerprint density at radius 3 is 2.71 bits per heavy atom. The number of nitrogens with one attached hydrogen (secondary N) is 2. The summed E-state index contributed by atoms with van der Waals surface area (Å²) in [7, 11) is 0. The molecule has 1 aliphatic rings. The number of amides is 1. The molecular formula is C7H8N8O2. The third-order valence-corrected chi connectivity index (χ3v) is 1.78. The highest BCUT2D eigenvalue weighted by molar-refractivity contribution is 6.07. The first-order valence-electron chi connectivity index (χ1n) is 4.50. The van der Waals surface area contributed by atoms with Crippen LogP contribution in [0.25, 0.3) is 0 Å². The molecule has 0 atom stereocenters. The quantitative estimate of drug-likeness (QED) is 0.479. The van der Waals surface area contributed by atoms with Crippen LogP contribution < -0.4 is 11.1 Å². The molecule has 0 saturated carbocycles. The molecule has 0 spiro atoms. The summed E-state index contributed by atoms with van der Waals surface area (Å²) in [5.41, 5.74) is 5.05. The number of hydrogen-bond acceptors (Lipinski definition) is 7. The lowest BCUT2D eigenvalue weighted by Gasteiger charge is -2.09. The molecule has 3 rings (SSSR count). The summed E-state index contributed by atoms with van der Waals surface area (Å²) in [5.74, 6) is -0.127. The van der Waals surface area contributed by atoms with E-state index in [1.54, 1.807) is 0 Å². The minimum atomic E-state index is -0.346. The number of H-pyrrole nitrogens is 1. The van der Waals surface area contributed by atoms with Gasteiger partial charge < -0.3 is 5.73 Å². The summed E-state index contributed by atoms with van der Waals surface area (Å²) in [4.78, 5) is 28.9. The van der Waals surface area contributed by atoms with Crippen molar-refractivity contribution in [3.8, 4) is 0 Å². The zero-order valence-corrected chi connectivity index (χ0v) is 8.49. The molecule has 1 amide bonds. The SMILES string of the molecule is Nc1ncn[nH]1.O=C1CC(=O)n2ncnc2N1. The molecule has 0 unspecified atom stereocenters. The number of carbonyl (C=O) groups excluding carboxylic acids is 2. The predicted octanol–water partition coefficient (Wildman–Crippen LogP) is -1.35. The lowest BCUT2D eigenvalue weighted by atomic mass is 10.3. The van der Waals surface area contributed by atoms with Gasteiger partial charge in [-0.1, -0.05) is 0 Å². The smallest absolute Gasteiger partial charge is 0.259 e. The minimum absolute atomic E-state index is 0.156. The average Bonchev–Trinajstić information content (AvgIpc) is 2.89. The van der Waals surface area contributed by atoms with Crippen LogP contribution in [0, 0.1) is 0 Å². The van der Waals surface area contributed by atoms with Crippen LogP contribution in [0.15, 0.2) is 12.7 Å². The van der Waals surface area contributed by atoms with Gasteiger partial charge in [0.1, 0.15) is 19.1 Å². The van der Waals surface area contributed by atoms with Crippen LogP contribution in [0.5, 0.6) is 0 Å². The van der Waals surface area contributed by atoms with E-state index >= 15 is 0 Å². The molecule has 2 aromatic heterocycles. The number of nitrogens with zero attached hydrogens (tertiary/aromatic N) is 5. The highest BCUT2D eigenvalue weighted by atomic mass is 16.2. The van der Waals surface area contributed by atoms with E-state index in [-0.39, 0.29) is 24.2 Å². The van der Waals surface area contributed by atoms with Gasteiger partial charge in [0.25, 0.3) is 5.91 Å². The lowest BCUT2D eigenvalue weighted by molar-refractivity contribution is -0.115. The Morgan fingerprint density at radius 2 is 2.12 bits per heavy atom. The number of fused-ring (bicyclic) bond motifs is 1. The van der Waals surface area contributed by atoms with Crippen LogP contribution >= 0.6 is 0 Å². The topological polar surface area (TPSA) is 144 Å². The van der Waals surface area contributed by atoms with E-state index in [0.717, 1.165) is 4.68 Å². The van der Waals surface area contributed by atoms with Crippen molar-refractivity contribution in [1.82, 2.24) is 29.9 Å². The fourth-order valence-corrected chi connectivity index (χ4v) is 1.11. The first-order valence-corrected chi connectivity index (χ1v) is 4.50. The molecule has 1 aliphatic heterocycles. The Hall–Kier alpha value is -2.78. The van der Waals surface area contributed by atoms with Gasteiger partial charge in [0.05, 0.1) is 0 Å². The van der Waals surface area contributed by atoms with Gasteiger partial charge in [0, 0.05) is 0 Å². The Labute approximate surface area is 94.2 Å². The molecule has 10 nitrogen and oxygen atoms in total. The van der Waals surface area contributed by atoms with E-state index in [9.17, 15) is 9.59 Å². The number of rotatable bonds is 0. The molecule has 0 radical (unpaired) electrons. The zero-order chi connectivity index (χ0) is 12.3. The largest absolute Gasteiger partial charge is 0.368 e. The Morgan fingerprint density at radius 1 is 1.29 bits per heavy atom. The Kier molecular flexibility index (Phi) is 2.77. The molecule has 17 heavy (non-hydrogen) atoms. The molecule has 3 heterocycles. The van der Waals surface area contributed by atoms with Gasteiger partial charge in [-0.15, -0.1) is 0 Å². The molecule has 10 heteroatoms. The van der Waals surface area contributed by atoms with E-state index in [1.165, 1.54) is 12.7 Å². The van der Waals surface area contributed by atoms with Crippen LogP contribution in [-0.4, -0.2) is 41.8 Å². The van der Waals surface area contributed by atoms with Gasteiger partial charge in [0.2, 0.25) is 17.8 Å². The molecule has 2 aromatic rings. The number of anilines is 2. The van der Waals surface area contributed by atoms with E-state index < -0.39 is 0 Å². The van der Waals surface area contributed by atoms with Crippen molar-refractivity contribution in [2.45, 2.75) is 6.42 Å². The van der Waals surface area contributed by atoms with Crippen LogP contribution in [0.4, 0.5) is 11.9 Å². The van der Waals surface area contributed by atoms with Gasteiger partial charge in [-0.05, 0) is 0 Å². The Bertz CT molecular complexity index is 530. The maximum absolute atomic E-state index is 11.0. The van der Waals surface area contributed by atoms with Crippen molar-refractivity contribution in [2.75, 3.05) is 11.1 Å². The van der Waals surface area contributed by atoms with Crippen molar-refractivity contribution in [2.24, 2.45) is 0 Å². The summed E-state index contributed by atoms with van der Waals surface area (Å²) in [6, 6.07) is 0. The zero-order valence-electron chi connectivity index (χ0n) is 8.49. The number of nitrogen functional groups attached to an aromatic ring is 1. The summed E-state index contributed by atoms with van der Waals surface area (Å²) in [6.07, 6.45) is 2.42. The standard InChI is InChI=1S/C5H4N4O2.C2H4N4/c10-3-1-4(11)9-5(8-3)6-2-7-9;3-2-4-1-5-6-2/h2H,1H2,(H,6,7,8,10);1H,(H3,3,4,5,6). The van der Waals surface area contributed by atoms with Crippen molar-refractivity contribution in [1.29, 1.82) is 0 Å². The maximum Gasteiger partial charge on any atom is 0.259 e. The van der Waals surface area contributed by atoms with E-state index in [0.29, 0.717) is 5.95 Å². The van der Waals surface area contributed by atoms with Crippen LogP contribution in [0.1, 0.15) is 11.2 Å². The highest BCUT2D eigenvalue weighted by Crippen LogP contribution is 2.08. The van der Waals surface area contributed by atoms with Gasteiger partial charge in [-0.25, -0.2) is 10.1 Å². The third kappa shape index (κ3) is 2.42. The number of aromatic amines is 1. The molecule has 0 saturated heterocycles. The van der Waals surface area contributed by atoms with Crippen molar-refractivity contribution in [3.05, 3.63) is 12.7 Å². The number of hydrogen-bond donors (Lipinski definition) is 3. The van der Waals surface area contributed by atoms with Crippen molar-refractivity contribution < 1.29 is 9.59 Å². The van der Waals surface area contributed by atoms with Gasteiger partial charge >= 0.3 is 0 Å². The van der Waals surface area contributed by atoms with Crippen molar-refractivity contribution in [3.63, 3.8) is 0 Å². The van der Waals surface area contributed by atoms with Crippen LogP contribution in [-0.2, 0) is 4.79 Å². The second-order valence-electron chi connectivity index (χ2n) is 2.98. The summed E-state index contributed by atoms with van der Waals surface area (Å²) >= 11 is 0. The molecule has 88 valence electrons. The maximum atomic E-state index is 11.0. The summed E-state index contributed by atoms with van der Waals surface area (Å²) in [5, 5.41) is 11.9. The molecule has 0 aliphatic carbocycles. The van der Waals surface area contributed by atoms with Gasteiger partial charge in [0.15, 0.2) is 0 Å². The van der Waals surface area contributed by atoms with Gasteiger partial charge in [-0.3, -0.25) is 14.9 Å². The molecule has 0 aromatic carbocycles. The van der Waals surface area contributed by atoms with E-state index in [4.69, 9.17) is 5.73 Å². The van der Waals surface area contributed by atoms with Crippen molar-refractivity contribution >= 4 is 23.7 Å². The third-order valence-electron chi connectivity index (χ3n) is 1.78. The number of aromatic nitrogens is 6. The van der Waals surface area contributed by atoms with Crippen LogP contribution in [0.3, 0.4) is 0 Å². The summed E-state index contributed by atoms with van der Waals surface area (Å²) < 4.78 is 1.07. The second kappa shape index (κ2) is 4.38. The second-order valence-corrected chi connectivity index (χ2v) is 2.98. The first-order chi connectivity index (χ1) is 8.16. The normalized spacial score (nSPS) is 13.4. The number of nitrogens with two attached hydrogens (primary N) is 1. The van der Waals surface area contributed by atoms with Gasteiger partial charge in [-0.2, -0.15) is 19.9 Å². The minimum Gasteiger partial charge on any atom is -0.368 e. The lowest BCUT2D eigenvalue weighted by Crippen LogP contribution is -2.30. The molecule has 0 fully saturated rings.